The zero-order valence-electron chi connectivity index (χ0n) is 13.7. The number of halogens is 1. The van der Waals surface area contributed by atoms with E-state index in [0.29, 0.717) is 16.6 Å². The number of carbonyl (C=O) groups is 2. The van der Waals surface area contributed by atoms with E-state index in [4.69, 9.17) is 4.74 Å². The first-order chi connectivity index (χ1) is 12.6. The quantitative estimate of drug-likeness (QED) is 0.375. The van der Waals surface area contributed by atoms with E-state index in [1.807, 2.05) is 30.3 Å². The van der Waals surface area contributed by atoms with Crippen molar-refractivity contribution in [3.05, 3.63) is 65.3 Å². The van der Waals surface area contributed by atoms with Gasteiger partial charge >= 0.3 is 5.97 Å². The van der Waals surface area contributed by atoms with Gasteiger partial charge in [-0.3, -0.25) is 4.79 Å². The average Bonchev–Trinajstić information content (AvgIpc) is 3.10. The normalized spacial score (nSPS) is 10.7. The Morgan fingerprint density at radius 3 is 2.69 bits per heavy atom. The Hall–Kier alpha value is -2.38. The lowest BCUT2D eigenvalue weighted by Crippen LogP contribution is -2.30. The van der Waals surface area contributed by atoms with Crippen molar-refractivity contribution in [2.45, 2.75) is 4.90 Å². The highest BCUT2D eigenvalue weighted by Gasteiger charge is 2.15. The van der Waals surface area contributed by atoms with Crippen molar-refractivity contribution < 1.29 is 18.7 Å². The van der Waals surface area contributed by atoms with Gasteiger partial charge in [-0.1, -0.05) is 24.3 Å². The second-order valence-corrected chi connectivity index (χ2v) is 7.60. The van der Waals surface area contributed by atoms with Crippen LogP contribution in [-0.2, 0) is 9.53 Å². The van der Waals surface area contributed by atoms with Crippen molar-refractivity contribution in [2.75, 3.05) is 18.9 Å². The number of esters is 1. The van der Waals surface area contributed by atoms with Gasteiger partial charge in [0.15, 0.2) is 6.61 Å². The predicted octanol–water partition coefficient (Wildman–Crippen LogP) is 4.11. The van der Waals surface area contributed by atoms with Crippen molar-refractivity contribution in [2.24, 2.45) is 0 Å². The SMILES string of the molecule is O=C(COC(=O)c1cc2c(F)cccc2s1)NCCSc1ccccc1. The maximum absolute atomic E-state index is 13.7. The summed E-state index contributed by atoms with van der Waals surface area (Å²) in [5.74, 6) is -0.649. The monoisotopic (exact) mass is 389 g/mol. The number of ether oxygens (including phenoxy) is 1. The molecule has 0 radical (unpaired) electrons. The lowest BCUT2D eigenvalue weighted by atomic mass is 10.2. The number of carbonyl (C=O) groups excluding carboxylic acids is 2. The number of thiophene rings is 1. The molecule has 0 aliphatic rings. The minimum atomic E-state index is -0.626. The van der Waals surface area contributed by atoms with E-state index in [1.54, 1.807) is 23.9 Å². The fourth-order valence-corrected chi connectivity index (χ4v) is 4.01. The number of nitrogens with one attached hydrogen (secondary N) is 1. The zero-order valence-corrected chi connectivity index (χ0v) is 15.4. The fourth-order valence-electron chi connectivity index (χ4n) is 2.26. The van der Waals surface area contributed by atoms with Gasteiger partial charge in [-0.2, -0.15) is 0 Å². The van der Waals surface area contributed by atoms with Crippen molar-refractivity contribution in [3.63, 3.8) is 0 Å². The molecule has 0 spiro atoms. The highest BCUT2D eigenvalue weighted by molar-refractivity contribution is 7.99. The van der Waals surface area contributed by atoms with Crippen LogP contribution in [0, 0.1) is 5.82 Å². The van der Waals surface area contributed by atoms with Gasteiger partial charge in [0.05, 0.1) is 0 Å². The molecule has 0 saturated heterocycles. The summed E-state index contributed by atoms with van der Waals surface area (Å²) in [6.07, 6.45) is 0. The number of thioether (sulfide) groups is 1. The van der Waals surface area contributed by atoms with E-state index in [-0.39, 0.29) is 23.2 Å². The first-order valence-corrected chi connectivity index (χ1v) is 9.73. The van der Waals surface area contributed by atoms with Gasteiger partial charge in [0.2, 0.25) is 0 Å². The van der Waals surface area contributed by atoms with Gasteiger partial charge in [0.1, 0.15) is 10.7 Å². The van der Waals surface area contributed by atoms with Gasteiger partial charge in [-0.05, 0) is 30.3 Å². The molecule has 0 bridgehead atoms. The number of rotatable bonds is 7. The van der Waals surface area contributed by atoms with Crippen LogP contribution in [0.4, 0.5) is 4.39 Å². The van der Waals surface area contributed by atoms with E-state index < -0.39 is 5.97 Å². The van der Waals surface area contributed by atoms with Crippen molar-refractivity contribution in [3.8, 4) is 0 Å². The van der Waals surface area contributed by atoms with E-state index >= 15 is 0 Å². The molecule has 4 nitrogen and oxygen atoms in total. The largest absolute Gasteiger partial charge is 0.451 e. The number of hydrogen-bond acceptors (Lipinski definition) is 5. The molecule has 3 rings (SSSR count). The molecule has 1 amide bonds. The van der Waals surface area contributed by atoms with E-state index in [0.717, 1.165) is 22.0 Å². The predicted molar refractivity (Wildman–Crippen MR) is 102 cm³/mol. The summed E-state index contributed by atoms with van der Waals surface area (Å²) in [5.41, 5.74) is 0. The second-order valence-electron chi connectivity index (χ2n) is 5.35. The molecule has 0 aliphatic heterocycles. The number of amides is 1. The van der Waals surface area contributed by atoms with Gasteiger partial charge < -0.3 is 10.1 Å². The third-order valence-electron chi connectivity index (χ3n) is 3.48. The molecule has 0 unspecified atom stereocenters. The third kappa shape index (κ3) is 4.83. The van der Waals surface area contributed by atoms with Crippen LogP contribution >= 0.6 is 23.1 Å². The zero-order chi connectivity index (χ0) is 18.4. The van der Waals surface area contributed by atoms with Crippen LogP contribution < -0.4 is 5.32 Å². The Morgan fingerprint density at radius 2 is 1.92 bits per heavy atom. The smallest absolute Gasteiger partial charge is 0.348 e. The molecule has 2 aromatic carbocycles. The Kier molecular flexibility index (Phi) is 6.25. The van der Waals surface area contributed by atoms with Crippen LogP contribution in [-0.4, -0.2) is 30.8 Å². The fraction of sp³-hybridized carbons (Fsp3) is 0.158. The van der Waals surface area contributed by atoms with Crippen LogP contribution in [0.2, 0.25) is 0 Å². The molecule has 0 aliphatic carbocycles. The molecule has 134 valence electrons. The molecule has 0 atom stereocenters. The minimum Gasteiger partial charge on any atom is -0.451 e. The Bertz CT molecular complexity index is 912. The molecule has 26 heavy (non-hydrogen) atoms. The summed E-state index contributed by atoms with van der Waals surface area (Å²) >= 11 is 2.77. The second kappa shape index (κ2) is 8.82. The van der Waals surface area contributed by atoms with Gasteiger partial charge in [0.25, 0.3) is 5.91 Å². The van der Waals surface area contributed by atoms with E-state index in [9.17, 15) is 14.0 Å². The Labute approximate surface area is 158 Å². The summed E-state index contributed by atoms with van der Waals surface area (Å²) in [7, 11) is 0. The molecule has 1 N–H and O–H groups in total. The Balaban J connectivity index is 1.42. The first kappa shape index (κ1) is 18.4. The summed E-state index contributed by atoms with van der Waals surface area (Å²) in [5, 5.41) is 3.08. The molecule has 1 aromatic heterocycles. The minimum absolute atomic E-state index is 0.275. The summed E-state index contributed by atoms with van der Waals surface area (Å²) in [4.78, 5) is 25.2. The van der Waals surface area contributed by atoms with Crippen LogP contribution in [0.5, 0.6) is 0 Å². The third-order valence-corrected chi connectivity index (χ3v) is 5.57. The van der Waals surface area contributed by atoms with E-state index in [1.165, 1.54) is 12.1 Å². The molecule has 7 heteroatoms. The number of fused-ring (bicyclic) bond motifs is 1. The first-order valence-electron chi connectivity index (χ1n) is 7.93. The summed E-state index contributed by atoms with van der Waals surface area (Å²) in [6.45, 7) is 0.121. The lowest BCUT2D eigenvalue weighted by Gasteiger charge is -2.06. The highest BCUT2D eigenvalue weighted by Crippen LogP contribution is 2.28. The molecule has 0 fully saturated rings. The molecule has 3 aromatic rings. The molecular formula is C19H16FNO3S2. The van der Waals surface area contributed by atoms with E-state index in [2.05, 4.69) is 5.32 Å². The van der Waals surface area contributed by atoms with Crippen LogP contribution in [0.1, 0.15) is 9.67 Å². The van der Waals surface area contributed by atoms with Crippen LogP contribution in [0.15, 0.2) is 59.5 Å². The van der Waals surface area contributed by atoms with Crippen molar-refractivity contribution in [1.29, 1.82) is 0 Å². The average molecular weight is 389 g/mol. The maximum Gasteiger partial charge on any atom is 0.348 e. The summed E-state index contributed by atoms with van der Waals surface area (Å²) < 4.78 is 19.3. The number of benzene rings is 2. The summed E-state index contributed by atoms with van der Waals surface area (Å²) in [6, 6.07) is 16.0. The van der Waals surface area contributed by atoms with Crippen molar-refractivity contribution >= 4 is 45.1 Å². The van der Waals surface area contributed by atoms with Gasteiger partial charge in [-0.25, -0.2) is 9.18 Å². The van der Waals surface area contributed by atoms with Gasteiger partial charge in [-0.15, -0.1) is 23.1 Å². The van der Waals surface area contributed by atoms with Gasteiger partial charge in [0, 0.05) is 27.3 Å². The van der Waals surface area contributed by atoms with Crippen LogP contribution in [0.3, 0.4) is 0 Å². The number of hydrogen-bond donors (Lipinski definition) is 1. The topological polar surface area (TPSA) is 55.4 Å². The van der Waals surface area contributed by atoms with Crippen molar-refractivity contribution in [1.82, 2.24) is 5.32 Å². The molecule has 1 heterocycles. The molecule has 0 saturated carbocycles. The molecular weight excluding hydrogens is 373 g/mol. The Morgan fingerprint density at radius 1 is 1.12 bits per heavy atom. The highest BCUT2D eigenvalue weighted by atomic mass is 32.2. The maximum atomic E-state index is 13.7. The standard InChI is InChI=1S/C19H16FNO3S2/c20-15-7-4-8-16-14(15)11-17(26-16)19(23)24-12-18(22)21-9-10-25-13-5-2-1-3-6-13/h1-8,11H,9-10,12H2,(H,21,22). The van der Waals surface area contributed by atoms with Crippen LogP contribution in [0.25, 0.3) is 10.1 Å². The lowest BCUT2D eigenvalue weighted by molar-refractivity contribution is -0.124.